The number of rotatable bonds is 10. The molecule has 1 aromatic heterocycles. The molecule has 14 atom stereocenters. The van der Waals surface area contributed by atoms with Gasteiger partial charge in [-0.3, -0.25) is 9.59 Å². The minimum atomic E-state index is -1.81. The number of methoxy groups -OCH3 is 1. The number of ether oxygens (including phenoxy) is 4. The fourth-order valence-electron chi connectivity index (χ4n) is 9.77. The first-order valence-electron chi connectivity index (χ1n) is 16.2. The number of aliphatic hydroxyl groups is 6. The first-order chi connectivity index (χ1) is 22.3. The van der Waals surface area contributed by atoms with Gasteiger partial charge in [-0.15, -0.1) is 0 Å². The molecule has 0 aromatic carbocycles. The Bertz CT molecular complexity index is 1370. The van der Waals surface area contributed by atoms with Crippen LogP contribution in [-0.4, -0.2) is 121 Å². The van der Waals surface area contributed by atoms with Gasteiger partial charge >= 0.3 is 11.9 Å². The van der Waals surface area contributed by atoms with Crippen LogP contribution in [0.3, 0.4) is 0 Å². The van der Waals surface area contributed by atoms with Gasteiger partial charge in [0, 0.05) is 28.7 Å². The minimum Gasteiger partial charge on any atom is -0.479 e. The number of fused-ring (bicyclic) bond motifs is 2. The molecule has 1 aromatic rings. The van der Waals surface area contributed by atoms with E-state index >= 15 is 0 Å². The number of hydrogen-bond donors (Lipinski definition) is 7. The third-order valence-electron chi connectivity index (χ3n) is 12.3. The van der Waals surface area contributed by atoms with E-state index in [1.807, 2.05) is 0 Å². The topological polar surface area (TPSA) is 246 Å². The van der Waals surface area contributed by atoms with Crippen molar-refractivity contribution < 1.29 is 73.5 Å². The van der Waals surface area contributed by atoms with Crippen molar-refractivity contribution in [3.63, 3.8) is 0 Å². The van der Waals surface area contributed by atoms with Gasteiger partial charge in [-0.05, 0) is 45.6 Å². The zero-order valence-electron chi connectivity index (χ0n) is 27.9. The first-order valence-corrected chi connectivity index (χ1v) is 16.2. The van der Waals surface area contributed by atoms with E-state index in [-0.39, 0.29) is 19.3 Å². The Balaban J connectivity index is 1.67. The molecule has 2 saturated heterocycles. The molecule has 3 heterocycles. The normalized spacial score (nSPS) is 44.1. The summed E-state index contributed by atoms with van der Waals surface area (Å²) in [4.78, 5) is 40.0. The summed E-state index contributed by atoms with van der Waals surface area (Å²) in [5.41, 5.74) is -7.33. The highest BCUT2D eigenvalue weighted by Gasteiger charge is 2.86. The second kappa shape index (κ2) is 12.4. The van der Waals surface area contributed by atoms with Crippen LogP contribution in [0.25, 0.3) is 0 Å². The van der Waals surface area contributed by atoms with E-state index < -0.39 is 119 Å². The minimum absolute atomic E-state index is 0.108. The molecular weight excluding hydrogens is 636 g/mol. The Morgan fingerprint density at radius 1 is 1.12 bits per heavy atom. The van der Waals surface area contributed by atoms with Gasteiger partial charge in [0.2, 0.25) is 0 Å². The van der Waals surface area contributed by atoms with Crippen LogP contribution in [0.5, 0.6) is 0 Å². The summed E-state index contributed by atoms with van der Waals surface area (Å²) >= 11 is 0. The quantitative estimate of drug-likeness (QED) is 0.127. The van der Waals surface area contributed by atoms with E-state index in [0.29, 0.717) is 5.56 Å². The molecule has 15 heteroatoms. The number of esters is 1. The maximum Gasteiger partial charge on any atom is 0.335 e. The van der Waals surface area contributed by atoms with Gasteiger partial charge in [0.1, 0.15) is 35.8 Å². The zero-order valence-corrected chi connectivity index (χ0v) is 27.9. The van der Waals surface area contributed by atoms with Crippen LogP contribution in [0.2, 0.25) is 0 Å². The monoisotopic (exact) mass is 684 g/mol. The fraction of sp³-hybridized carbons (Fsp3) is 0.788. The van der Waals surface area contributed by atoms with Gasteiger partial charge in [0.25, 0.3) is 0 Å². The van der Waals surface area contributed by atoms with Crippen molar-refractivity contribution >= 4 is 17.7 Å². The van der Waals surface area contributed by atoms with Crippen LogP contribution in [-0.2, 0) is 33.3 Å². The Labute approximate surface area is 277 Å². The van der Waals surface area contributed by atoms with Crippen molar-refractivity contribution in [2.75, 3.05) is 13.7 Å². The largest absolute Gasteiger partial charge is 0.479 e. The van der Waals surface area contributed by atoms with Crippen molar-refractivity contribution in [3.05, 3.63) is 24.2 Å². The fourth-order valence-corrected chi connectivity index (χ4v) is 9.77. The van der Waals surface area contributed by atoms with E-state index in [9.17, 15) is 50.1 Å². The van der Waals surface area contributed by atoms with Crippen molar-refractivity contribution in [2.45, 2.75) is 121 Å². The van der Waals surface area contributed by atoms with Gasteiger partial charge in [-0.2, -0.15) is 0 Å². The molecule has 4 aliphatic rings. The van der Waals surface area contributed by atoms with E-state index in [1.54, 1.807) is 26.8 Å². The number of hydrogen-bond acceptors (Lipinski definition) is 14. The second-order valence-corrected chi connectivity index (χ2v) is 15.0. The predicted octanol–water partition coefficient (Wildman–Crippen LogP) is 0.0722. The van der Waals surface area contributed by atoms with Crippen molar-refractivity contribution in [1.29, 1.82) is 0 Å². The summed E-state index contributed by atoms with van der Waals surface area (Å²) in [6, 6.07) is 1.55. The Morgan fingerprint density at radius 3 is 2.31 bits per heavy atom. The molecule has 4 fully saturated rings. The number of Topliss-reactive ketones (excluding diaryl/α,β-unsaturated/α-hetero) is 1. The van der Waals surface area contributed by atoms with Crippen LogP contribution in [0.1, 0.15) is 72.0 Å². The molecule has 48 heavy (non-hydrogen) atoms. The van der Waals surface area contributed by atoms with Crippen LogP contribution in [0.15, 0.2) is 23.0 Å². The number of carboxylic acid groups (broad SMARTS) is 1. The van der Waals surface area contributed by atoms with Gasteiger partial charge in [-0.25, -0.2) is 4.79 Å². The first kappa shape index (κ1) is 36.8. The molecule has 0 amide bonds. The standard InChI is InChI=1S/C33H48O15/c1-29(2,43)18-11-20(36)32(5)17(31(18,4)19(35)12-21(37)44-6)7-9-30(3,33(32)26(48-33)27(41)42)25(15-8-10-45-14-15)47-28-24(40)23(39)22(38)16(13-34)46-28/h8,10,14,16-19,22-26,28,34-35,38-40,43H,7,9,11-13H2,1-6H3,(H,41,42). The van der Waals surface area contributed by atoms with Crippen molar-refractivity contribution in [2.24, 2.45) is 28.1 Å². The highest BCUT2D eigenvalue weighted by atomic mass is 16.7. The molecule has 5 rings (SSSR count). The molecule has 14 unspecified atom stereocenters. The average molecular weight is 685 g/mol. The molecule has 0 bridgehead atoms. The number of aliphatic hydroxyl groups excluding tert-OH is 5. The molecule has 2 aliphatic heterocycles. The van der Waals surface area contributed by atoms with Gasteiger partial charge in [0.05, 0.1) is 55.9 Å². The van der Waals surface area contributed by atoms with E-state index in [4.69, 9.17) is 23.4 Å². The number of furan rings is 1. The number of carboxylic acids is 1. The van der Waals surface area contributed by atoms with E-state index in [0.717, 1.165) is 0 Å². The Kier molecular flexibility index (Phi) is 9.50. The molecule has 270 valence electrons. The number of carbonyl (C=O) groups excluding carboxylic acids is 2. The lowest BCUT2D eigenvalue weighted by atomic mass is 9.37. The SMILES string of the molecule is COC(=O)CC(O)C1(C)C(C(C)(C)O)CC(=O)C2(C)C1CCC(C)(C(OC1OC(CO)C(O)C(O)C1O)c1ccoc1)C21OC1C(=O)O. The molecular formula is C33H48O15. The van der Waals surface area contributed by atoms with E-state index in [2.05, 4.69) is 0 Å². The summed E-state index contributed by atoms with van der Waals surface area (Å²) in [7, 11) is 1.18. The zero-order chi connectivity index (χ0) is 35.8. The van der Waals surface area contributed by atoms with Crippen LogP contribution < -0.4 is 0 Å². The maximum atomic E-state index is 14.6. The van der Waals surface area contributed by atoms with Gasteiger partial charge < -0.3 is 59.1 Å². The third kappa shape index (κ3) is 5.16. The number of epoxide rings is 1. The number of ketones is 1. The molecule has 7 N–H and O–H groups in total. The smallest absolute Gasteiger partial charge is 0.335 e. The van der Waals surface area contributed by atoms with Crippen LogP contribution in [0, 0.1) is 28.1 Å². The summed E-state index contributed by atoms with van der Waals surface area (Å²) in [5, 5.41) is 75.2. The third-order valence-corrected chi connectivity index (χ3v) is 12.3. The van der Waals surface area contributed by atoms with Crippen LogP contribution >= 0.6 is 0 Å². The highest BCUT2D eigenvalue weighted by molar-refractivity contribution is 5.92. The molecule has 2 saturated carbocycles. The van der Waals surface area contributed by atoms with Gasteiger partial charge in [0.15, 0.2) is 12.4 Å². The predicted molar refractivity (Wildman–Crippen MR) is 161 cm³/mol. The maximum absolute atomic E-state index is 14.6. The summed E-state index contributed by atoms with van der Waals surface area (Å²) in [6.45, 7) is 7.33. The summed E-state index contributed by atoms with van der Waals surface area (Å²) in [5.74, 6) is -4.14. The van der Waals surface area contributed by atoms with Gasteiger partial charge in [-0.1, -0.05) is 13.8 Å². The van der Waals surface area contributed by atoms with Crippen molar-refractivity contribution in [1.82, 2.24) is 0 Å². The van der Waals surface area contributed by atoms with Crippen molar-refractivity contribution in [3.8, 4) is 0 Å². The van der Waals surface area contributed by atoms with E-state index in [1.165, 1.54) is 33.5 Å². The molecule has 1 spiro atoms. The highest BCUT2D eigenvalue weighted by Crippen LogP contribution is 2.77. The summed E-state index contributed by atoms with van der Waals surface area (Å²) < 4.78 is 28.5. The molecule has 0 radical (unpaired) electrons. The Morgan fingerprint density at radius 2 is 1.79 bits per heavy atom. The lowest BCUT2D eigenvalue weighted by molar-refractivity contribution is -0.328. The second-order valence-electron chi connectivity index (χ2n) is 15.0. The van der Waals surface area contributed by atoms with Crippen LogP contribution in [0.4, 0.5) is 0 Å². The number of aliphatic carboxylic acids is 1. The average Bonchev–Trinajstić information content (AvgIpc) is 3.59. The molecule has 15 nitrogen and oxygen atoms in total. The Hall–Kier alpha value is -2.47. The summed E-state index contributed by atoms with van der Waals surface area (Å²) in [6.07, 6.45) is -10.0. The lowest BCUT2D eigenvalue weighted by Crippen LogP contribution is -2.72. The number of carbonyl (C=O) groups is 3. The molecule has 2 aliphatic carbocycles. The lowest BCUT2D eigenvalue weighted by Gasteiger charge is -2.66.